The fourth-order valence-corrected chi connectivity index (χ4v) is 2.58. The Morgan fingerprint density at radius 3 is 2.47 bits per heavy atom. The molecular formula is C14H19IN2OS. The van der Waals surface area contributed by atoms with Gasteiger partial charge in [0.05, 0.1) is 27.1 Å². The zero-order chi connectivity index (χ0) is 13.0. The lowest BCUT2D eigenvalue weighted by atomic mass is 10.2. The monoisotopic (exact) mass is 390 g/mol. The quantitative estimate of drug-likeness (QED) is 0.298. The van der Waals surface area contributed by atoms with Gasteiger partial charge in [-0.25, -0.2) is 0 Å². The molecular weight excluding hydrogens is 371 g/mol. The average Bonchev–Trinajstić information content (AvgIpc) is 2.81. The fraction of sp³-hybridized carbons (Fsp3) is 0.429. The van der Waals surface area contributed by atoms with Gasteiger partial charge in [0.2, 0.25) is 5.04 Å². The molecule has 0 aliphatic carbocycles. The summed E-state index contributed by atoms with van der Waals surface area (Å²) in [5.41, 5.74) is 1.15. The van der Waals surface area contributed by atoms with Crippen LogP contribution in [0.25, 0.3) is 0 Å². The molecule has 19 heavy (non-hydrogen) atoms. The van der Waals surface area contributed by atoms with Gasteiger partial charge in [0.1, 0.15) is 5.75 Å². The first-order chi connectivity index (χ1) is 8.74. The Kier molecular flexibility index (Phi) is 6.85. The topological polar surface area (TPSA) is 24.6 Å². The van der Waals surface area contributed by atoms with Gasteiger partial charge in [-0.05, 0) is 41.9 Å². The lowest BCUT2D eigenvalue weighted by Crippen LogP contribution is -3.00. The van der Waals surface area contributed by atoms with Crippen LogP contribution < -0.4 is 28.7 Å². The third-order valence-electron chi connectivity index (χ3n) is 3.10. The minimum atomic E-state index is 0. The Balaban J connectivity index is 0.00000180. The van der Waals surface area contributed by atoms with Crippen LogP contribution in [0.4, 0.5) is 0 Å². The molecule has 5 heteroatoms. The third kappa shape index (κ3) is 4.21. The number of aliphatic imine (C=N–C) groups is 1. The summed E-state index contributed by atoms with van der Waals surface area (Å²) >= 11 is 1.69. The highest BCUT2D eigenvalue weighted by atomic mass is 127. The maximum absolute atomic E-state index is 5.17. The van der Waals surface area contributed by atoms with E-state index in [-0.39, 0.29) is 24.0 Å². The number of hydrogen-bond acceptors (Lipinski definition) is 3. The van der Waals surface area contributed by atoms with E-state index in [0.717, 1.165) is 29.3 Å². The average molecular weight is 390 g/mol. The van der Waals surface area contributed by atoms with E-state index in [0.29, 0.717) is 0 Å². The zero-order valence-corrected chi connectivity index (χ0v) is 14.5. The van der Waals surface area contributed by atoms with Gasteiger partial charge < -0.3 is 28.7 Å². The molecule has 0 saturated carbocycles. The van der Waals surface area contributed by atoms with Gasteiger partial charge in [-0.1, -0.05) is 11.8 Å². The SMILES string of the molecule is COc1ccc(C(=NC2=[N+](C)CCC2)SC)cc1.[I-]. The molecule has 1 aliphatic heterocycles. The molecule has 0 amide bonds. The Labute approximate surface area is 136 Å². The van der Waals surface area contributed by atoms with E-state index in [4.69, 9.17) is 9.73 Å². The van der Waals surface area contributed by atoms with Crippen LogP contribution >= 0.6 is 11.8 Å². The molecule has 0 N–H and O–H groups in total. The first kappa shape index (κ1) is 16.5. The van der Waals surface area contributed by atoms with Crippen molar-refractivity contribution in [2.45, 2.75) is 12.8 Å². The van der Waals surface area contributed by atoms with Crippen molar-refractivity contribution in [3.8, 4) is 5.75 Å². The molecule has 1 aromatic carbocycles. The Hall–Kier alpha value is -0.560. The smallest absolute Gasteiger partial charge is 0.295 e. The van der Waals surface area contributed by atoms with Crippen LogP contribution in [-0.2, 0) is 0 Å². The van der Waals surface area contributed by atoms with E-state index >= 15 is 0 Å². The van der Waals surface area contributed by atoms with E-state index in [9.17, 15) is 0 Å². The summed E-state index contributed by atoms with van der Waals surface area (Å²) in [6, 6.07) is 8.07. The molecule has 0 bridgehead atoms. The van der Waals surface area contributed by atoms with E-state index in [2.05, 4.69) is 30.0 Å². The van der Waals surface area contributed by atoms with E-state index in [1.54, 1.807) is 18.9 Å². The molecule has 0 spiro atoms. The van der Waals surface area contributed by atoms with Crippen LogP contribution in [0.5, 0.6) is 5.75 Å². The highest BCUT2D eigenvalue weighted by molar-refractivity contribution is 8.13. The number of benzene rings is 1. The Bertz CT molecular complexity index is 483. The number of methoxy groups -OCH3 is 1. The highest BCUT2D eigenvalue weighted by Gasteiger charge is 2.20. The maximum atomic E-state index is 5.17. The number of halogens is 1. The molecule has 0 fully saturated rings. The van der Waals surface area contributed by atoms with Gasteiger partial charge in [0, 0.05) is 5.56 Å². The summed E-state index contributed by atoms with van der Waals surface area (Å²) in [4.78, 5) is 4.78. The minimum absolute atomic E-state index is 0. The second-order valence-corrected chi connectivity index (χ2v) is 5.09. The predicted octanol–water partition coefficient (Wildman–Crippen LogP) is -0.357. The minimum Gasteiger partial charge on any atom is -1.00 e. The van der Waals surface area contributed by atoms with Gasteiger partial charge in [-0.2, -0.15) is 0 Å². The van der Waals surface area contributed by atoms with Crippen molar-refractivity contribution in [2.75, 3.05) is 27.0 Å². The van der Waals surface area contributed by atoms with Crippen LogP contribution in [0, 0.1) is 0 Å². The second-order valence-electron chi connectivity index (χ2n) is 4.29. The van der Waals surface area contributed by atoms with Gasteiger partial charge in [0.25, 0.3) is 5.84 Å². The zero-order valence-electron chi connectivity index (χ0n) is 11.5. The number of nitrogens with zero attached hydrogens (tertiary/aromatic N) is 2. The predicted molar refractivity (Wildman–Crippen MR) is 78.3 cm³/mol. The third-order valence-corrected chi connectivity index (χ3v) is 3.81. The van der Waals surface area contributed by atoms with E-state index in [1.165, 1.54) is 12.3 Å². The van der Waals surface area contributed by atoms with E-state index < -0.39 is 0 Å². The summed E-state index contributed by atoms with van der Waals surface area (Å²) in [5.74, 6) is 2.07. The number of amidine groups is 1. The highest BCUT2D eigenvalue weighted by Crippen LogP contribution is 2.17. The lowest BCUT2D eigenvalue weighted by molar-refractivity contribution is -0.489. The van der Waals surface area contributed by atoms with Crippen LogP contribution in [0.15, 0.2) is 29.3 Å². The summed E-state index contributed by atoms with van der Waals surface area (Å²) in [7, 11) is 3.79. The van der Waals surface area contributed by atoms with Gasteiger partial charge in [-0.3, -0.25) is 4.58 Å². The fourth-order valence-electron chi connectivity index (χ4n) is 2.01. The van der Waals surface area contributed by atoms with Crippen molar-refractivity contribution < 1.29 is 33.3 Å². The maximum Gasteiger partial charge on any atom is 0.295 e. The van der Waals surface area contributed by atoms with Crippen molar-refractivity contribution in [3.63, 3.8) is 0 Å². The molecule has 0 saturated heterocycles. The second kappa shape index (κ2) is 7.89. The molecule has 1 heterocycles. The van der Waals surface area contributed by atoms with Crippen molar-refractivity contribution in [1.82, 2.24) is 0 Å². The van der Waals surface area contributed by atoms with Crippen LogP contribution in [0.3, 0.4) is 0 Å². The number of ether oxygens (including phenoxy) is 1. The molecule has 1 aliphatic rings. The summed E-state index contributed by atoms with van der Waals surface area (Å²) in [6.45, 7) is 1.11. The molecule has 104 valence electrons. The van der Waals surface area contributed by atoms with Gasteiger partial charge in [-0.15, -0.1) is 0 Å². The van der Waals surface area contributed by atoms with Crippen molar-refractivity contribution in [1.29, 1.82) is 0 Å². The summed E-state index contributed by atoms with van der Waals surface area (Å²) in [6.07, 6.45) is 4.36. The number of thioether (sulfide) groups is 1. The first-order valence-electron chi connectivity index (χ1n) is 6.08. The lowest BCUT2D eigenvalue weighted by Gasteiger charge is -2.01. The molecule has 3 nitrogen and oxygen atoms in total. The van der Waals surface area contributed by atoms with Gasteiger partial charge in [0.15, 0.2) is 0 Å². The summed E-state index contributed by atoms with van der Waals surface area (Å²) < 4.78 is 7.41. The number of rotatable bonds is 2. The molecule has 1 aromatic rings. The molecule has 2 rings (SSSR count). The molecule has 0 radical (unpaired) electrons. The van der Waals surface area contributed by atoms with E-state index in [1.807, 2.05) is 12.1 Å². The van der Waals surface area contributed by atoms with Crippen LogP contribution in [0.2, 0.25) is 0 Å². The van der Waals surface area contributed by atoms with Crippen LogP contribution in [0.1, 0.15) is 18.4 Å². The number of hydrogen-bond donors (Lipinski definition) is 0. The molecule has 0 atom stereocenters. The van der Waals surface area contributed by atoms with Crippen molar-refractivity contribution >= 4 is 22.6 Å². The molecule has 0 aromatic heterocycles. The van der Waals surface area contributed by atoms with Gasteiger partial charge >= 0.3 is 0 Å². The largest absolute Gasteiger partial charge is 1.00 e. The van der Waals surface area contributed by atoms with Crippen LogP contribution in [-0.4, -0.2) is 42.4 Å². The molecule has 0 unspecified atom stereocenters. The van der Waals surface area contributed by atoms with Crippen molar-refractivity contribution in [3.05, 3.63) is 29.8 Å². The Morgan fingerprint density at radius 1 is 1.32 bits per heavy atom. The first-order valence-corrected chi connectivity index (χ1v) is 7.31. The van der Waals surface area contributed by atoms with Crippen molar-refractivity contribution in [2.24, 2.45) is 4.99 Å². The Morgan fingerprint density at radius 2 is 2.00 bits per heavy atom. The normalized spacial score (nSPS) is 15.4. The standard InChI is InChI=1S/C14H19N2OS.HI/c1-16-10-4-5-13(16)15-14(18-3)11-6-8-12(17-2)9-7-11;/h6-9H,4-5,10H2,1-3H3;1H/q+1;/p-1. The summed E-state index contributed by atoms with van der Waals surface area (Å²) in [5, 5.41) is 1.07.